The zero-order valence-electron chi connectivity index (χ0n) is 11.2. The van der Waals surface area contributed by atoms with E-state index >= 15 is 0 Å². The second-order valence-electron chi connectivity index (χ2n) is 5.25. The van der Waals surface area contributed by atoms with Crippen LogP contribution < -0.4 is 5.32 Å². The molecule has 2 rings (SSSR count). The summed E-state index contributed by atoms with van der Waals surface area (Å²) in [6.07, 6.45) is 8.38. The SMILES string of the molecule is O=C(Cc1ccon1)NC(CCO)C1CCCCC1. The van der Waals surface area contributed by atoms with Crippen LogP contribution in [0.1, 0.15) is 44.2 Å². The molecule has 0 aliphatic heterocycles. The molecule has 0 spiro atoms. The van der Waals surface area contributed by atoms with E-state index in [4.69, 9.17) is 9.63 Å². The molecule has 5 heteroatoms. The highest BCUT2D eigenvalue weighted by atomic mass is 16.5. The van der Waals surface area contributed by atoms with Crippen LogP contribution in [0.5, 0.6) is 0 Å². The molecular weight excluding hydrogens is 244 g/mol. The number of hydrogen-bond acceptors (Lipinski definition) is 4. The summed E-state index contributed by atoms with van der Waals surface area (Å²) >= 11 is 0. The van der Waals surface area contributed by atoms with E-state index in [0.717, 1.165) is 12.8 Å². The van der Waals surface area contributed by atoms with Gasteiger partial charge in [-0.1, -0.05) is 24.4 Å². The number of nitrogens with zero attached hydrogens (tertiary/aromatic N) is 1. The Morgan fingerprint density at radius 1 is 1.47 bits per heavy atom. The van der Waals surface area contributed by atoms with Gasteiger partial charge in [-0.15, -0.1) is 0 Å². The van der Waals surface area contributed by atoms with E-state index in [1.807, 2.05) is 0 Å². The van der Waals surface area contributed by atoms with E-state index < -0.39 is 0 Å². The van der Waals surface area contributed by atoms with Crippen LogP contribution in [-0.2, 0) is 11.2 Å². The van der Waals surface area contributed by atoms with Crippen LogP contribution in [0.15, 0.2) is 16.9 Å². The number of nitrogens with one attached hydrogen (secondary N) is 1. The van der Waals surface area contributed by atoms with Crippen molar-refractivity contribution in [2.75, 3.05) is 6.61 Å². The number of aromatic nitrogens is 1. The molecular formula is C14H22N2O3. The van der Waals surface area contributed by atoms with Gasteiger partial charge in [0.1, 0.15) is 6.26 Å². The molecule has 1 fully saturated rings. The fourth-order valence-electron chi connectivity index (χ4n) is 2.85. The smallest absolute Gasteiger partial charge is 0.226 e. The third-order valence-corrected chi connectivity index (χ3v) is 3.84. The number of aliphatic hydroxyl groups is 1. The van der Waals surface area contributed by atoms with Gasteiger partial charge in [0.2, 0.25) is 5.91 Å². The molecule has 1 saturated carbocycles. The molecule has 1 heterocycles. The van der Waals surface area contributed by atoms with Crippen LogP contribution in [0.3, 0.4) is 0 Å². The first-order valence-electron chi connectivity index (χ1n) is 7.09. The van der Waals surface area contributed by atoms with E-state index in [2.05, 4.69) is 10.5 Å². The van der Waals surface area contributed by atoms with Crippen molar-refractivity contribution in [3.8, 4) is 0 Å². The average Bonchev–Trinajstić information content (AvgIpc) is 2.92. The third-order valence-electron chi connectivity index (χ3n) is 3.84. The predicted octanol–water partition coefficient (Wildman–Crippen LogP) is 1.66. The lowest BCUT2D eigenvalue weighted by Crippen LogP contribution is -2.42. The lowest BCUT2D eigenvalue weighted by Gasteiger charge is -2.30. The largest absolute Gasteiger partial charge is 0.396 e. The average molecular weight is 266 g/mol. The van der Waals surface area contributed by atoms with E-state index in [1.165, 1.54) is 25.5 Å². The lowest BCUT2D eigenvalue weighted by molar-refractivity contribution is -0.121. The minimum absolute atomic E-state index is 0.0436. The van der Waals surface area contributed by atoms with Crippen molar-refractivity contribution in [3.63, 3.8) is 0 Å². The number of hydrogen-bond donors (Lipinski definition) is 2. The van der Waals surface area contributed by atoms with Crippen molar-refractivity contribution >= 4 is 5.91 Å². The summed E-state index contributed by atoms with van der Waals surface area (Å²) in [6, 6.07) is 1.78. The van der Waals surface area contributed by atoms with Crippen molar-refractivity contribution < 1.29 is 14.4 Å². The lowest BCUT2D eigenvalue weighted by atomic mass is 9.82. The zero-order valence-corrected chi connectivity index (χ0v) is 11.2. The number of aliphatic hydroxyl groups excluding tert-OH is 1. The van der Waals surface area contributed by atoms with Crippen molar-refractivity contribution in [2.45, 2.75) is 51.0 Å². The Hall–Kier alpha value is -1.36. The molecule has 0 saturated heterocycles. The molecule has 1 aliphatic carbocycles. The monoisotopic (exact) mass is 266 g/mol. The fourth-order valence-corrected chi connectivity index (χ4v) is 2.85. The molecule has 19 heavy (non-hydrogen) atoms. The third kappa shape index (κ3) is 4.35. The van der Waals surface area contributed by atoms with Gasteiger partial charge in [-0.05, 0) is 25.2 Å². The Bertz CT molecular complexity index is 372. The molecule has 2 N–H and O–H groups in total. The summed E-state index contributed by atoms with van der Waals surface area (Å²) < 4.78 is 4.71. The highest BCUT2D eigenvalue weighted by Gasteiger charge is 2.24. The number of carbonyl (C=O) groups is 1. The zero-order chi connectivity index (χ0) is 13.5. The van der Waals surface area contributed by atoms with E-state index in [1.54, 1.807) is 6.07 Å². The molecule has 1 unspecified atom stereocenters. The quantitative estimate of drug-likeness (QED) is 0.821. The standard InChI is InChI=1S/C14H22N2O3/c17-8-6-13(11-4-2-1-3-5-11)15-14(18)10-12-7-9-19-16-12/h7,9,11,13,17H,1-6,8,10H2,(H,15,18). The summed E-state index contributed by atoms with van der Waals surface area (Å²) in [4.78, 5) is 12.0. The minimum atomic E-state index is -0.0436. The van der Waals surface area contributed by atoms with Crippen LogP contribution in [0.2, 0.25) is 0 Å². The maximum absolute atomic E-state index is 12.0. The molecule has 5 nitrogen and oxygen atoms in total. The second kappa shape index (κ2) is 7.28. The topological polar surface area (TPSA) is 75.4 Å². The van der Waals surface area contributed by atoms with Crippen LogP contribution in [0.4, 0.5) is 0 Å². The van der Waals surface area contributed by atoms with Crippen LogP contribution in [0, 0.1) is 5.92 Å². The second-order valence-corrected chi connectivity index (χ2v) is 5.25. The number of carbonyl (C=O) groups excluding carboxylic acids is 1. The summed E-state index contributed by atoms with van der Waals surface area (Å²) in [7, 11) is 0. The Balaban J connectivity index is 1.86. The van der Waals surface area contributed by atoms with Gasteiger partial charge in [-0.2, -0.15) is 0 Å². The minimum Gasteiger partial charge on any atom is -0.396 e. The van der Waals surface area contributed by atoms with Gasteiger partial charge in [0, 0.05) is 18.7 Å². The van der Waals surface area contributed by atoms with Gasteiger partial charge in [-0.3, -0.25) is 4.79 Å². The van der Waals surface area contributed by atoms with Crippen molar-refractivity contribution in [1.82, 2.24) is 10.5 Å². The summed E-state index contributed by atoms with van der Waals surface area (Å²) in [5, 5.41) is 15.9. The first-order chi connectivity index (χ1) is 9.29. The maximum Gasteiger partial charge on any atom is 0.226 e. The molecule has 1 aliphatic rings. The highest BCUT2D eigenvalue weighted by Crippen LogP contribution is 2.27. The number of amides is 1. The maximum atomic E-state index is 12.0. The van der Waals surface area contributed by atoms with Crippen molar-refractivity contribution in [1.29, 1.82) is 0 Å². The van der Waals surface area contributed by atoms with Gasteiger partial charge in [-0.25, -0.2) is 0 Å². The summed E-state index contributed by atoms with van der Waals surface area (Å²) in [5.41, 5.74) is 0.642. The molecule has 1 amide bonds. The van der Waals surface area contributed by atoms with E-state index in [-0.39, 0.29) is 25.0 Å². The van der Waals surface area contributed by atoms with E-state index in [0.29, 0.717) is 18.0 Å². The molecule has 0 aromatic carbocycles. The van der Waals surface area contributed by atoms with Gasteiger partial charge >= 0.3 is 0 Å². The predicted molar refractivity (Wildman–Crippen MR) is 70.4 cm³/mol. The normalized spacial score (nSPS) is 18.2. The summed E-state index contributed by atoms with van der Waals surface area (Å²) in [5.74, 6) is 0.458. The van der Waals surface area contributed by atoms with Gasteiger partial charge < -0.3 is 14.9 Å². The Morgan fingerprint density at radius 2 is 2.26 bits per heavy atom. The van der Waals surface area contributed by atoms with Crippen molar-refractivity contribution in [2.24, 2.45) is 5.92 Å². The highest BCUT2D eigenvalue weighted by molar-refractivity contribution is 5.78. The molecule has 106 valence electrons. The molecule has 1 atom stereocenters. The first kappa shape index (κ1) is 14.1. The Labute approximate surface area is 113 Å². The Kier molecular flexibility index (Phi) is 5.39. The first-order valence-corrected chi connectivity index (χ1v) is 7.09. The van der Waals surface area contributed by atoms with E-state index in [9.17, 15) is 4.79 Å². The molecule has 0 radical (unpaired) electrons. The fraction of sp³-hybridized carbons (Fsp3) is 0.714. The van der Waals surface area contributed by atoms with Gasteiger partial charge in [0.15, 0.2) is 0 Å². The number of rotatable bonds is 6. The summed E-state index contributed by atoms with van der Waals surface area (Å²) in [6.45, 7) is 0.116. The molecule has 1 aromatic rings. The molecule has 1 aromatic heterocycles. The van der Waals surface area contributed by atoms with Gasteiger partial charge in [0.25, 0.3) is 0 Å². The van der Waals surface area contributed by atoms with Crippen LogP contribution >= 0.6 is 0 Å². The van der Waals surface area contributed by atoms with Gasteiger partial charge in [0.05, 0.1) is 12.1 Å². The Morgan fingerprint density at radius 3 is 2.89 bits per heavy atom. The molecule has 0 bridgehead atoms. The van der Waals surface area contributed by atoms with Crippen molar-refractivity contribution in [3.05, 3.63) is 18.0 Å². The van der Waals surface area contributed by atoms with Crippen LogP contribution in [0.25, 0.3) is 0 Å². The van der Waals surface area contributed by atoms with Crippen LogP contribution in [-0.4, -0.2) is 28.8 Å².